The van der Waals surface area contributed by atoms with E-state index >= 15 is 0 Å². The van der Waals surface area contributed by atoms with Gasteiger partial charge >= 0.3 is 0 Å². The standard InChI is InChI=1S/C21H22N4O/c1-13-14(2)23-20(25-21(13)26)17-10-11-18(22-12-17)24-19(16-8-9-16)15-6-4-3-5-7-15/h3-7,10-12,16,19H,8-9H2,1-2H3,(H,22,24)(H,23,25,26). The van der Waals surface area contributed by atoms with Gasteiger partial charge in [0, 0.05) is 23.0 Å². The summed E-state index contributed by atoms with van der Waals surface area (Å²) in [4.78, 5) is 23.8. The van der Waals surface area contributed by atoms with E-state index in [9.17, 15) is 4.79 Å². The second-order valence-corrected chi connectivity index (χ2v) is 6.93. The van der Waals surface area contributed by atoms with Gasteiger partial charge in [-0.15, -0.1) is 0 Å². The molecular weight excluding hydrogens is 324 g/mol. The van der Waals surface area contributed by atoms with Crippen molar-refractivity contribution in [3.8, 4) is 11.4 Å². The number of aromatic amines is 1. The van der Waals surface area contributed by atoms with Gasteiger partial charge in [-0.05, 0) is 50.3 Å². The topological polar surface area (TPSA) is 70.7 Å². The van der Waals surface area contributed by atoms with Crippen LogP contribution in [0.15, 0.2) is 53.5 Å². The number of nitrogens with zero attached hydrogens (tertiary/aromatic N) is 2. The summed E-state index contributed by atoms with van der Waals surface area (Å²) in [7, 11) is 0. The molecule has 26 heavy (non-hydrogen) atoms. The number of H-pyrrole nitrogens is 1. The third kappa shape index (κ3) is 3.38. The van der Waals surface area contributed by atoms with Crippen molar-refractivity contribution >= 4 is 5.82 Å². The molecule has 1 aromatic carbocycles. The Morgan fingerprint density at radius 2 is 1.88 bits per heavy atom. The summed E-state index contributed by atoms with van der Waals surface area (Å²) in [6, 6.07) is 14.7. The molecule has 0 saturated heterocycles. The van der Waals surface area contributed by atoms with Crippen molar-refractivity contribution in [2.45, 2.75) is 32.7 Å². The van der Waals surface area contributed by atoms with Gasteiger partial charge in [0.1, 0.15) is 11.6 Å². The van der Waals surface area contributed by atoms with Crippen LogP contribution in [0.25, 0.3) is 11.4 Å². The first-order chi connectivity index (χ1) is 12.6. The fourth-order valence-corrected chi connectivity index (χ4v) is 3.12. The lowest BCUT2D eigenvalue weighted by Crippen LogP contribution is -2.15. The molecule has 0 radical (unpaired) electrons. The fraction of sp³-hybridized carbons (Fsp3) is 0.286. The van der Waals surface area contributed by atoms with Gasteiger partial charge in [-0.25, -0.2) is 9.97 Å². The SMILES string of the molecule is Cc1nc(-c2ccc(NC(c3ccccc3)C3CC3)nc2)[nH]c(=O)c1C. The quantitative estimate of drug-likeness (QED) is 0.732. The molecule has 1 aliphatic carbocycles. The summed E-state index contributed by atoms with van der Waals surface area (Å²) in [6.45, 7) is 3.62. The van der Waals surface area contributed by atoms with Crippen LogP contribution in [-0.2, 0) is 0 Å². The molecule has 2 heterocycles. The normalized spacial score (nSPS) is 14.8. The maximum absolute atomic E-state index is 12.0. The number of aromatic nitrogens is 3. The lowest BCUT2D eigenvalue weighted by atomic mass is 10.0. The Labute approximate surface area is 152 Å². The van der Waals surface area contributed by atoms with E-state index in [0.717, 1.165) is 17.1 Å². The minimum absolute atomic E-state index is 0.104. The van der Waals surface area contributed by atoms with Gasteiger partial charge < -0.3 is 10.3 Å². The number of pyridine rings is 1. The van der Waals surface area contributed by atoms with Crippen LogP contribution < -0.4 is 10.9 Å². The van der Waals surface area contributed by atoms with E-state index in [2.05, 4.69) is 44.5 Å². The van der Waals surface area contributed by atoms with Crippen LogP contribution in [0.4, 0.5) is 5.82 Å². The van der Waals surface area contributed by atoms with Crippen LogP contribution in [0.2, 0.25) is 0 Å². The third-order valence-corrected chi connectivity index (χ3v) is 4.99. The van der Waals surface area contributed by atoms with E-state index in [1.807, 2.05) is 25.1 Å². The van der Waals surface area contributed by atoms with Gasteiger partial charge in [-0.2, -0.15) is 0 Å². The average molecular weight is 346 g/mol. The number of anilines is 1. The molecule has 0 aliphatic heterocycles. The number of aryl methyl sites for hydroxylation is 1. The maximum Gasteiger partial charge on any atom is 0.254 e. The first kappa shape index (κ1) is 16.5. The maximum atomic E-state index is 12.0. The molecule has 2 N–H and O–H groups in total. The molecule has 2 aromatic heterocycles. The zero-order chi connectivity index (χ0) is 18.1. The minimum Gasteiger partial charge on any atom is -0.363 e. The van der Waals surface area contributed by atoms with E-state index in [1.54, 1.807) is 13.1 Å². The highest BCUT2D eigenvalue weighted by molar-refractivity contribution is 5.56. The van der Waals surface area contributed by atoms with Crippen LogP contribution in [0, 0.1) is 19.8 Å². The highest BCUT2D eigenvalue weighted by Gasteiger charge is 2.32. The summed E-state index contributed by atoms with van der Waals surface area (Å²) in [5, 5.41) is 3.56. The molecule has 1 fully saturated rings. The van der Waals surface area contributed by atoms with Crippen molar-refractivity contribution in [1.82, 2.24) is 15.0 Å². The Balaban J connectivity index is 1.57. The fourth-order valence-electron chi connectivity index (χ4n) is 3.12. The largest absolute Gasteiger partial charge is 0.363 e. The Kier molecular flexibility index (Phi) is 4.29. The zero-order valence-electron chi connectivity index (χ0n) is 15.0. The lowest BCUT2D eigenvalue weighted by molar-refractivity contribution is 0.675. The summed E-state index contributed by atoms with van der Waals surface area (Å²) >= 11 is 0. The molecule has 132 valence electrons. The molecule has 4 rings (SSSR count). The van der Waals surface area contributed by atoms with Gasteiger partial charge in [-0.3, -0.25) is 4.79 Å². The van der Waals surface area contributed by atoms with Crippen molar-refractivity contribution in [2.24, 2.45) is 5.92 Å². The first-order valence-electron chi connectivity index (χ1n) is 8.97. The molecule has 3 aromatic rings. The van der Waals surface area contributed by atoms with Crippen molar-refractivity contribution in [1.29, 1.82) is 0 Å². The monoisotopic (exact) mass is 346 g/mol. The molecular formula is C21H22N4O. The van der Waals surface area contributed by atoms with E-state index < -0.39 is 0 Å². The molecule has 1 saturated carbocycles. The Hall–Kier alpha value is -2.95. The van der Waals surface area contributed by atoms with E-state index in [4.69, 9.17) is 0 Å². The van der Waals surface area contributed by atoms with Crippen LogP contribution in [0.5, 0.6) is 0 Å². The Bertz CT molecular complexity index is 960. The molecule has 0 amide bonds. The number of rotatable bonds is 5. The summed E-state index contributed by atoms with van der Waals surface area (Å²) in [6.07, 6.45) is 4.25. The van der Waals surface area contributed by atoms with Gasteiger partial charge in [0.05, 0.1) is 6.04 Å². The number of hydrogen-bond acceptors (Lipinski definition) is 4. The van der Waals surface area contributed by atoms with Gasteiger partial charge in [0.25, 0.3) is 5.56 Å². The number of nitrogens with one attached hydrogen (secondary N) is 2. The van der Waals surface area contributed by atoms with Gasteiger partial charge in [-0.1, -0.05) is 30.3 Å². The highest BCUT2D eigenvalue weighted by Crippen LogP contribution is 2.42. The van der Waals surface area contributed by atoms with Crippen molar-refractivity contribution < 1.29 is 0 Å². The zero-order valence-corrected chi connectivity index (χ0v) is 15.0. The Morgan fingerprint density at radius 3 is 2.50 bits per heavy atom. The molecule has 1 atom stereocenters. The molecule has 0 bridgehead atoms. The second kappa shape index (κ2) is 6.75. The first-order valence-corrected chi connectivity index (χ1v) is 8.97. The number of hydrogen-bond donors (Lipinski definition) is 2. The van der Waals surface area contributed by atoms with Crippen LogP contribution >= 0.6 is 0 Å². The van der Waals surface area contributed by atoms with Crippen molar-refractivity contribution in [3.63, 3.8) is 0 Å². The van der Waals surface area contributed by atoms with Gasteiger partial charge in [0.15, 0.2) is 0 Å². The third-order valence-electron chi connectivity index (χ3n) is 4.99. The second-order valence-electron chi connectivity index (χ2n) is 6.93. The Morgan fingerprint density at radius 1 is 1.12 bits per heavy atom. The van der Waals surface area contributed by atoms with Crippen LogP contribution in [0.3, 0.4) is 0 Å². The molecule has 1 unspecified atom stereocenters. The van der Waals surface area contributed by atoms with E-state index in [-0.39, 0.29) is 11.6 Å². The smallest absolute Gasteiger partial charge is 0.254 e. The lowest BCUT2D eigenvalue weighted by Gasteiger charge is -2.19. The molecule has 5 nitrogen and oxygen atoms in total. The summed E-state index contributed by atoms with van der Waals surface area (Å²) < 4.78 is 0. The minimum atomic E-state index is -0.104. The molecule has 5 heteroatoms. The van der Waals surface area contributed by atoms with Crippen molar-refractivity contribution in [3.05, 3.63) is 75.8 Å². The van der Waals surface area contributed by atoms with E-state index in [0.29, 0.717) is 17.3 Å². The summed E-state index contributed by atoms with van der Waals surface area (Å²) in [5.41, 5.74) is 3.38. The predicted octanol–water partition coefficient (Wildman–Crippen LogP) is 4.01. The van der Waals surface area contributed by atoms with Crippen LogP contribution in [0.1, 0.15) is 35.7 Å². The van der Waals surface area contributed by atoms with Crippen LogP contribution in [-0.4, -0.2) is 15.0 Å². The van der Waals surface area contributed by atoms with Crippen molar-refractivity contribution in [2.75, 3.05) is 5.32 Å². The average Bonchev–Trinajstić information content (AvgIpc) is 3.50. The summed E-state index contributed by atoms with van der Waals surface area (Å²) in [5.74, 6) is 2.05. The number of benzene rings is 1. The molecule has 0 spiro atoms. The highest BCUT2D eigenvalue weighted by atomic mass is 16.1. The molecule has 1 aliphatic rings. The predicted molar refractivity (Wildman–Crippen MR) is 103 cm³/mol. The van der Waals surface area contributed by atoms with Gasteiger partial charge in [0.2, 0.25) is 0 Å². The van der Waals surface area contributed by atoms with E-state index in [1.165, 1.54) is 18.4 Å².